The van der Waals surface area contributed by atoms with Crippen molar-refractivity contribution in [3.05, 3.63) is 11.6 Å². The highest BCUT2D eigenvalue weighted by atomic mass is 35.5. The van der Waals surface area contributed by atoms with E-state index in [2.05, 4.69) is 0 Å². The molecule has 0 fully saturated rings. The second kappa shape index (κ2) is 4.16. The normalized spacial score (nSPS) is 12.1. The molecule has 0 aromatic carbocycles. The van der Waals surface area contributed by atoms with Crippen molar-refractivity contribution >= 4 is 11.6 Å². The first-order valence-electron chi connectivity index (χ1n) is 2.11. The zero-order valence-corrected chi connectivity index (χ0v) is 5.03. The third kappa shape index (κ3) is 3.83. The molecule has 41 valence electrons. The van der Waals surface area contributed by atoms with E-state index in [9.17, 15) is 5.11 Å². The second-order valence-electron chi connectivity index (χ2n) is 1.35. The molecule has 0 aliphatic carbocycles. The monoisotopic (exact) mass is 119 g/mol. The fourth-order valence-corrected chi connectivity index (χ4v) is 0.454. The summed E-state index contributed by atoms with van der Waals surface area (Å²) in [4.78, 5) is 0. The smallest absolute Gasteiger partial charge is 0.103 e. The Hall–Kier alpha value is -0.0100. The SMILES string of the molecule is C/C(=C\CCl)C[O]. The van der Waals surface area contributed by atoms with Crippen LogP contribution in [0.3, 0.4) is 0 Å². The van der Waals surface area contributed by atoms with E-state index in [1.165, 1.54) is 0 Å². The van der Waals surface area contributed by atoms with Gasteiger partial charge in [0, 0.05) is 5.88 Å². The minimum atomic E-state index is -0.132. The average molecular weight is 120 g/mol. The van der Waals surface area contributed by atoms with Crippen molar-refractivity contribution < 1.29 is 5.11 Å². The Morgan fingerprint density at radius 2 is 2.43 bits per heavy atom. The molecule has 0 amide bonds. The van der Waals surface area contributed by atoms with Crippen LogP contribution in [0.4, 0.5) is 0 Å². The molecule has 0 aromatic rings. The Morgan fingerprint density at radius 1 is 1.86 bits per heavy atom. The van der Waals surface area contributed by atoms with E-state index >= 15 is 0 Å². The molecule has 1 radical (unpaired) electrons. The van der Waals surface area contributed by atoms with Crippen molar-refractivity contribution in [3.63, 3.8) is 0 Å². The highest BCUT2D eigenvalue weighted by Gasteiger charge is 1.80. The molecule has 0 heterocycles. The van der Waals surface area contributed by atoms with Crippen LogP contribution < -0.4 is 0 Å². The van der Waals surface area contributed by atoms with Gasteiger partial charge in [0.25, 0.3) is 0 Å². The predicted molar refractivity (Wildman–Crippen MR) is 30.0 cm³/mol. The number of allylic oxidation sites excluding steroid dienone is 1. The fourth-order valence-electron chi connectivity index (χ4n) is 0.191. The van der Waals surface area contributed by atoms with Gasteiger partial charge in [-0.05, 0) is 12.5 Å². The van der Waals surface area contributed by atoms with E-state index in [0.717, 1.165) is 5.57 Å². The minimum Gasteiger partial charge on any atom is -0.232 e. The van der Waals surface area contributed by atoms with Gasteiger partial charge in [-0.3, -0.25) is 0 Å². The molecule has 1 nitrogen and oxygen atoms in total. The molecule has 0 atom stereocenters. The van der Waals surface area contributed by atoms with Crippen LogP contribution in [0.5, 0.6) is 0 Å². The summed E-state index contributed by atoms with van der Waals surface area (Å²) in [5.41, 5.74) is 0.815. The van der Waals surface area contributed by atoms with Crippen LogP contribution in [0.1, 0.15) is 6.92 Å². The number of hydrogen-bond donors (Lipinski definition) is 0. The molecule has 0 unspecified atom stereocenters. The second-order valence-corrected chi connectivity index (χ2v) is 1.66. The Labute approximate surface area is 48.6 Å². The van der Waals surface area contributed by atoms with E-state index < -0.39 is 0 Å². The molecule has 0 spiro atoms. The Bertz CT molecular complexity index is 68.5. The summed E-state index contributed by atoms with van der Waals surface area (Å²) < 4.78 is 0. The lowest BCUT2D eigenvalue weighted by molar-refractivity contribution is 0.223. The maximum absolute atomic E-state index is 9.89. The Balaban J connectivity index is 3.29. The predicted octanol–water partition coefficient (Wildman–Crippen LogP) is 1.60. The van der Waals surface area contributed by atoms with Crippen molar-refractivity contribution in [2.45, 2.75) is 6.92 Å². The quantitative estimate of drug-likeness (QED) is 0.389. The summed E-state index contributed by atoms with van der Waals surface area (Å²) in [5, 5.41) is 9.89. The van der Waals surface area contributed by atoms with Crippen LogP contribution in [0.25, 0.3) is 0 Å². The highest BCUT2D eigenvalue weighted by molar-refractivity contribution is 6.18. The van der Waals surface area contributed by atoms with Gasteiger partial charge in [-0.15, -0.1) is 11.6 Å². The van der Waals surface area contributed by atoms with Crippen molar-refractivity contribution in [1.29, 1.82) is 0 Å². The summed E-state index contributed by atoms with van der Waals surface area (Å²) in [6, 6.07) is 0. The summed E-state index contributed by atoms with van der Waals surface area (Å²) in [5.74, 6) is 0.452. The van der Waals surface area contributed by atoms with Gasteiger partial charge in [0.15, 0.2) is 0 Å². The van der Waals surface area contributed by atoms with Crippen LogP contribution in [0.2, 0.25) is 0 Å². The fraction of sp³-hybridized carbons (Fsp3) is 0.600. The van der Waals surface area contributed by atoms with Gasteiger partial charge in [0.2, 0.25) is 0 Å². The molecular weight excluding hydrogens is 112 g/mol. The zero-order chi connectivity index (χ0) is 5.70. The molecular formula is C5H8ClO. The van der Waals surface area contributed by atoms with Crippen LogP contribution in [-0.2, 0) is 5.11 Å². The molecule has 0 aromatic heterocycles. The van der Waals surface area contributed by atoms with E-state index in [1.807, 2.05) is 0 Å². The average Bonchev–Trinajstić information content (AvgIpc) is 1.68. The molecule has 0 bridgehead atoms. The summed E-state index contributed by atoms with van der Waals surface area (Å²) >= 11 is 5.26. The van der Waals surface area contributed by atoms with E-state index in [0.29, 0.717) is 5.88 Å². The van der Waals surface area contributed by atoms with Crippen molar-refractivity contribution in [2.75, 3.05) is 12.5 Å². The summed E-state index contributed by atoms with van der Waals surface area (Å²) in [6.45, 7) is 1.64. The molecule has 0 saturated carbocycles. The summed E-state index contributed by atoms with van der Waals surface area (Å²) in [6.07, 6.45) is 1.72. The molecule has 2 heteroatoms. The highest BCUT2D eigenvalue weighted by Crippen LogP contribution is 1.89. The van der Waals surface area contributed by atoms with Gasteiger partial charge >= 0.3 is 0 Å². The molecule has 0 rings (SSSR count). The lowest BCUT2D eigenvalue weighted by Crippen LogP contribution is -1.80. The molecule has 0 N–H and O–H groups in total. The maximum Gasteiger partial charge on any atom is 0.103 e. The third-order valence-corrected chi connectivity index (χ3v) is 0.808. The first-order valence-corrected chi connectivity index (χ1v) is 2.64. The minimum absolute atomic E-state index is 0.132. The Morgan fingerprint density at radius 3 is 2.57 bits per heavy atom. The number of halogens is 1. The maximum atomic E-state index is 9.89. The van der Waals surface area contributed by atoms with Crippen molar-refractivity contribution in [3.8, 4) is 0 Å². The van der Waals surface area contributed by atoms with Crippen LogP contribution in [0, 0.1) is 0 Å². The van der Waals surface area contributed by atoms with Gasteiger partial charge < -0.3 is 0 Å². The van der Waals surface area contributed by atoms with E-state index in [1.54, 1.807) is 13.0 Å². The van der Waals surface area contributed by atoms with Crippen LogP contribution in [0.15, 0.2) is 11.6 Å². The topological polar surface area (TPSA) is 19.9 Å². The van der Waals surface area contributed by atoms with Gasteiger partial charge in [0.1, 0.15) is 6.61 Å². The molecule has 7 heavy (non-hydrogen) atoms. The van der Waals surface area contributed by atoms with Crippen molar-refractivity contribution in [2.24, 2.45) is 0 Å². The van der Waals surface area contributed by atoms with E-state index in [-0.39, 0.29) is 6.61 Å². The molecule has 0 aliphatic rings. The zero-order valence-electron chi connectivity index (χ0n) is 4.28. The number of alkyl halides is 1. The van der Waals surface area contributed by atoms with E-state index in [4.69, 9.17) is 11.6 Å². The van der Waals surface area contributed by atoms with Gasteiger partial charge in [-0.1, -0.05) is 6.08 Å². The molecule has 0 aliphatic heterocycles. The lowest BCUT2D eigenvalue weighted by atomic mass is 10.3. The van der Waals surface area contributed by atoms with Gasteiger partial charge in [-0.2, -0.15) is 0 Å². The van der Waals surface area contributed by atoms with Gasteiger partial charge in [-0.25, -0.2) is 5.11 Å². The lowest BCUT2D eigenvalue weighted by Gasteiger charge is -1.85. The van der Waals surface area contributed by atoms with Crippen LogP contribution >= 0.6 is 11.6 Å². The third-order valence-electron chi connectivity index (χ3n) is 0.653. The van der Waals surface area contributed by atoms with Crippen molar-refractivity contribution in [1.82, 2.24) is 0 Å². The largest absolute Gasteiger partial charge is 0.232 e. The first-order chi connectivity index (χ1) is 3.31. The number of rotatable bonds is 2. The van der Waals surface area contributed by atoms with Crippen LogP contribution in [-0.4, -0.2) is 12.5 Å². The molecule has 0 saturated heterocycles. The van der Waals surface area contributed by atoms with Gasteiger partial charge in [0.05, 0.1) is 0 Å². The first kappa shape index (κ1) is 6.99. The number of hydrogen-bond acceptors (Lipinski definition) is 0. The Kier molecular flexibility index (Phi) is 4.15. The standard InChI is InChI=1S/C5H8ClO/c1-5(4-7)2-3-6/h2H,3-4H2,1H3/b5-2+. The summed E-state index contributed by atoms with van der Waals surface area (Å²) in [7, 11) is 0.